The largest absolute Gasteiger partial charge is 0.487 e. The maximum atomic E-state index is 14.0. The molecule has 3 N–H and O–H groups in total. The average molecular weight is 506 g/mol. The van der Waals surface area contributed by atoms with E-state index >= 15 is 0 Å². The number of hydrogen-bond donors (Lipinski definition) is 3. The van der Waals surface area contributed by atoms with Crippen molar-refractivity contribution in [3.8, 4) is 5.75 Å². The summed E-state index contributed by atoms with van der Waals surface area (Å²) in [4.78, 5) is 26.3. The van der Waals surface area contributed by atoms with Gasteiger partial charge in [-0.25, -0.2) is 13.6 Å². The first-order chi connectivity index (χ1) is 15.3. The lowest BCUT2D eigenvalue weighted by atomic mass is 10.0. The second-order valence-electron chi connectivity index (χ2n) is 7.15. The van der Waals surface area contributed by atoms with Crippen molar-refractivity contribution < 1.29 is 18.3 Å². The zero-order valence-corrected chi connectivity index (χ0v) is 19.1. The van der Waals surface area contributed by atoms with Crippen LogP contribution in [0.3, 0.4) is 0 Å². The smallest absolute Gasteiger partial charge is 0.314 e. The molecule has 0 bridgehead atoms. The highest BCUT2D eigenvalue weighted by Crippen LogP contribution is 2.31. The molecule has 0 fully saturated rings. The number of hydrogen-bond acceptors (Lipinski definition) is 3. The number of carbonyl (C=O) groups excluding carboxylic acids is 1. The number of halogens is 3. The Morgan fingerprint density at radius 3 is 2.47 bits per heavy atom. The number of amides is 2. The van der Waals surface area contributed by atoms with Crippen molar-refractivity contribution in [1.82, 2.24) is 15.6 Å². The Balaban J connectivity index is 1.82. The number of urea groups is 1. The zero-order chi connectivity index (χ0) is 23.3. The highest BCUT2D eigenvalue weighted by Gasteiger charge is 2.17. The Bertz CT molecular complexity index is 1180. The molecule has 0 radical (unpaired) electrons. The topological polar surface area (TPSA) is 83.2 Å². The molecular weight excluding hydrogens is 484 g/mol. The van der Waals surface area contributed by atoms with Crippen molar-refractivity contribution in [2.24, 2.45) is 0 Å². The number of aromatic nitrogens is 1. The summed E-state index contributed by atoms with van der Waals surface area (Å²) in [5, 5.41) is 5.21. The predicted molar refractivity (Wildman–Crippen MR) is 121 cm³/mol. The van der Waals surface area contributed by atoms with Gasteiger partial charge in [0.15, 0.2) is 0 Å². The third kappa shape index (κ3) is 5.73. The molecule has 0 aliphatic rings. The summed E-state index contributed by atoms with van der Waals surface area (Å²) >= 11 is 3.27. The number of carbonyl (C=O) groups is 1. The molecule has 2 amide bonds. The normalized spacial score (nSPS) is 10.7. The maximum absolute atomic E-state index is 14.0. The fraction of sp³-hybridized carbons (Fsp3) is 0.217. The number of benzene rings is 2. The first-order valence-electron chi connectivity index (χ1n) is 9.80. The molecule has 9 heteroatoms. The summed E-state index contributed by atoms with van der Waals surface area (Å²) in [5.74, 6) is -1.08. The lowest BCUT2D eigenvalue weighted by molar-refractivity contribution is 0.242. The van der Waals surface area contributed by atoms with Crippen molar-refractivity contribution >= 4 is 22.0 Å². The van der Waals surface area contributed by atoms with Crippen LogP contribution in [0.5, 0.6) is 5.75 Å². The molecule has 1 aromatic heterocycles. The van der Waals surface area contributed by atoms with E-state index in [0.717, 1.165) is 28.8 Å². The van der Waals surface area contributed by atoms with Crippen LogP contribution in [-0.2, 0) is 19.6 Å². The van der Waals surface area contributed by atoms with Gasteiger partial charge < -0.3 is 20.4 Å². The average Bonchev–Trinajstić information content (AvgIpc) is 2.77. The molecule has 0 atom stereocenters. The number of aromatic amines is 1. The highest BCUT2D eigenvalue weighted by molar-refractivity contribution is 9.10. The molecule has 0 saturated carbocycles. The van der Waals surface area contributed by atoms with Crippen LogP contribution in [0.2, 0.25) is 0 Å². The van der Waals surface area contributed by atoms with Gasteiger partial charge in [0, 0.05) is 42.9 Å². The third-order valence-electron chi connectivity index (χ3n) is 4.90. The standard InChI is InChI=1S/C23H22BrF2N3O3/c1-13-18(9-14-3-5-15(6-4-14)11-28-23(31)27-2)21(20(24)22(30)29-13)32-12-16-7-8-17(25)10-19(16)26/h3-8,10H,9,11-12H2,1-2H3,(H,29,30)(H2,27,28,31). The van der Waals surface area contributed by atoms with Crippen LogP contribution in [0.4, 0.5) is 13.6 Å². The number of rotatable bonds is 7. The Hall–Kier alpha value is -3.20. The van der Waals surface area contributed by atoms with Crippen molar-refractivity contribution in [2.45, 2.75) is 26.5 Å². The maximum Gasteiger partial charge on any atom is 0.314 e. The first kappa shape index (κ1) is 23.5. The lowest BCUT2D eigenvalue weighted by Crippen LogP contribution is -2.32. The molecule has 3 aromatic rings. The molecule has 0 aliphatic carbocycles. The second kappa shape index (κ2) is 10.4. The van der Waals surface area contributed by atoms with Gasteiger partial charge in [0.25, 0.3) is 5.56 Å². The number of ether oxygens (including phenoxy) is 1. The van der Waals surface area contributed by atoms with Gasteiger partial charge in [-0.1, -0.05) is 24.3 Å². The molecule has 0 aliphatic heterocycles. The van der Waals surface area contributed by atoms with Crippen molar-refractivity contribution in [3.63, 3.8) is 0 Å². The zero-order valence-electron chi connectivity index (χ0n) is 17.5. The van der Waals surface area contributed by atoms with Crippen molar-refractivity contribution in [3.05, 3.63) is 96.9 Å². The summed E-state index contributed by atoms with van der Waals surface area (Å²) in [7, 11) is 1.55. The fourth-order valence-electron chi connectivity index (χ4n) is 3.11. The highest BCUT2D eigenvalue weighted by atomic mass is 79.9. The monoisotopic (exact) mass is 505 g/mol. The quantitative estimate of drug-likeness (QED) is 0.447. The minimum absolute atomic E-state index is 0.162. The molecule has 0 spiro atoms. The van der Waals surface area contributed by atoms with E-state index in [1.807, 2.05) is 24.3 Å². The number of aryl methyl sites for hydroxylation is 1. The molecule has 3 rings (SSSR count). The van der Waals surface area contributed by atoms with E-state index in [-0.39, 0.29) is 28.2 Å². The molecule has 1 heterocycles. The first-order valence-corrected chi connectivity index (χ1v) is 10.6. The summed E-state index contributed by atoms with van der Waals surface area (Å²) in [5.41, 5.74) is 3.05. The molecule has 0 unspecified atom stereocenters. The van der Waals surface area contributed by atoms with E-state index in [2.05, 4.69) is 31.5 Å². The van der Waals surface area contributed by atoms with E-state index in [0.29, 0.717) is 24.4 Å². The van der Waals surface area contributed by atoms with E-state index in [1.54, 1.807) is 14.0 Å². The van der Waals surface area contributed by atoms with E-state index < -0.39 is 11.6 Å². The van der Waals surface area contributed by atoms with E-state index in [4.69, 9.17) is 4.74 Å². The Labute approximate surface area is 192 Å². The van der Waals surface area contributed by atoms with Crippen molar-refractivity contribution in [1.29, 1.82) is 0 Å². The Kier molecular flexibility index (Phi) is 7.63. The summed E-state index contributed by atoms with van der Waals surface area (Å²) in [6.07, 6.45) is 0.450. The minimum Gasteiger partial charge on any atom is -0.487 e. The number of H-pyrrole nitrogens is 1. The molecule has 168 valence electrons. The molecule has 2 aromatic carbocycles. The van der Waals surface area contributed by atoms with Crippen LogP contribution < -0.4 is 20.9 Å². The summed E-state index contributed by atoms with van der Waals surface area (Å²) in [6.45, 7) is 1.99. The van der Waals surface area contributed by atoms with Gasteiger partial charge in [0.1, 0.15) is 28.5 Å². The van der Waals surface area contributed by atoms with Gasteiger partial charge in [-0.05, 0) is 46.1 Å². The minimum atomic E-state index is -0.717. The van der Waals surface area contributed by atoms with Crippen LogP contribution in [0, 0.1) is 18.6 Å². The summed E-state index contributed by atoms with van der Waals surface area (Å²) in [6, 6.07) is 10.6. The van der Waals surface area contributed by atoms with Gasteiger partial charge in [0.05, 0.1) is 0 Å². The fourth-order valence-corrected chi connectivity index (χ4v) is 3.56. The van der Waals surface area contributed by atoms with Crippen LogP contribution in [0.1, 0.15) is 27.9 Å². The Morgan fingerprint density at radius 1 is 1.12 bits per heavy atom. The molecular formula is C23H22BrF2N3O3. The van der Waals surface area contributed by atoms with Crippen LogP contribution in [0.25, 0.3) is 0 Å². The van der Waals surface area contributed by atoms with Gasteiger partial charge in [0.2, 0.25) is 0 Å². The predicted octanol–water partition coefficient (Wildman–Crippen LogP) is 4.32. The van der Waals surface area contributed by atoms with Gasteiger partial charge in [-0.3, -0.25) is 4.79 Å². The SMILES string of the molecule is CNC(=O)NCc1ccc(Cc2c(C)[nH]c(=O)c(Br)c2OCc2ccc(F)cc2F)cc1. The summed E-state index contributed by atoms with van der Waals surface area (Å²) < 4.78 is 33.2. The number of pyridine rings is 1. The van der Waals surface area contributed by atoms with E-state index in [9.17, 15) is 18.4 Å². The van der Waals surface area contributed by atoms with Gasteiger partial charge in [-0.15, -0.1) is 0 Å². The van der Waals surface area contributed by atoms with Crippen LogP contribution >= 0.6 is 15.9 Å². The van der Waals surface area contributed by atoms with Gasteiger partial charge in [-0.2, -0.15) is 0 Å². The lowest BCUT2D eigenvalue weighted by Gasteiger charge is -2.16. The third-order valence-corrected chi connectivity index (χ3v) is 5.62. The van der Waals surface area contributed by atoms with Crippen LogP contribution in [-0.4, -0.2) is 18.1 Å². The molecule has 6 nitrogen and oxygen atoms in total. The van der Waals surface area contributed by atoms with Gasteiger partial charge >= 0.3 is 6.03 Å². The Morgan fingerprint density at radius 2 is 1.81 bits per heavy atom. The van der Waals surface area contributed by atoms with E-state index in [1.165, 1.54) is 6.07 Å². The van der Waals surface area contributed by atoms with Crippen LogP contribution in [0.15, 0.2) is 51.7 Å². The molecule has 0 saturated heterocycles. The second-order valence-corrected chi connectivity index (χ2v) is 7.94. The van der Waals surface area contributed by atoms with Crippen molar-refractivity contribution in [2.75, 3.05) is 7.05 Å². The molecule has 32 heavy (non-hydrogen) atoms. The number of nitrogens with one attached hydrogen (secondary N) is 3.